The van der Waals surface area contributed by atoms with E-state index in [1.54, 1.807) is 6.07 Å². The second-order valence-corrected chi connectivity index (χ2v) is 5.17. The van der Waals surface area contributed by atoms with Crippen molar-refractivity contribution in [2.75, 3.05) is 11.9 Å². The first kappa shape index (κ1) is 14.3. The number of hydrogen-bond donors (Lipinski definition) is 2. The number of benzene rings is 1. The van der Waals surface area contributed by atoms with Gasteiger partial charge in [-0.1, -0.05) is 6.42 Å². The molecule has 1 saturated carbocycles. The van der Waals surface area contributed by atoms with E-state index in [9.17, 15) is 15.2 Å². The molecule has 1 aromatic carbocycles. The predicted molar refractivity (Wildman–Crippen MR) is 74.3 cm³/mol. The Morgan fingerprint density at radius 2 is 2.30 bits per heavy atom. The van der Waals surface area contributed by atoms with Crippen LogP contribution in [0.15, 0.2) is 18.2 Å². The van der Waals surface area contributed by atoms with E-state index in [1.165, 1.54) is 12.1 Å². The average molecular weight is 275 g/mol. The molecular weight excluding hydrogens is 258 g/mol. The van der Waals surface area contributed by atoms with Gasteiger partial charge in [-0.05, 0) is 31.2 Å². The maximum Gasteiger partial charge on any atom is 0.270 e. The molecule has 2 N–H and O–H groups in total. The molecule has 2 unspecified atom stereocenters. The third-order valence-electron chi connectivity index (χ3n) is 3.67. The number of nitro groups is 1. The zero-order chi connectivity index (χ0) is 14.5. The fourth-order valence-electron chi connectivity index (χ4n) is 2.59. The van der Waals surface area contributed by atoms with Gasteiger partial charge < -0.3 is 10.4 Å². The Hall–Kier alpha value is -2.13. The number of anilines is 1. The van der Waals surface area contributed by atoms with E-state index in [2.05, 4.69) is 5.32 Å². The zero-order valence-corrected chi connectivity index (χ0v) is 11.1. The van der Waals surface area contributed by atoms with E-state index in [1.807, 2.05) is 6.07 Å². The zero-order valence-electron chi connectivity index (χ0n) is 11.1. The largest absolute Gasteiger partial charge is 0.393 e. The van der Waals surface area contributed by atoms with Crippen LogP contribution in [0.3, 0.4) is 0 Å². The van der Waals surface area contributed by atoms with Gasteiger partial charge in [-0.3, -0.25) is 10.1 Å². The molecule has 2 rings (SSSR count). The van der Waals surface area contributed by atoms with Gasteiger partial charge in [-0.25, -0.2) is 0 Å². The Bertz CT molecular complexity index is 539. The molecule has 1 aromatic rings. The van der Waals surface area contributed by atoms with Crippen molar-refractivity contribution in [3.8, 4) is 6.07 Å². The molecule has 1 aliphatic carbocycles. The number of hydrogen-bond acceptors (Lipinski definition) is 5. The molecule has 6 nitrogen and oxygen atoms in total. The third-order valence-corrected chi connectivity index (χ3v) is 3.67. The van der Waals surface area contributed by atoms with Gasteiger partial charge in [0.1, 0.15) is 6.07 Å². The summed E-state index contributed by atoms with van der Waals surface area (Å²) < 4.78 is 0. The third kappa shape index (κ3) is 3.45. The van der Waals surface area contributed by atoms with Gasteiger partial charge in [-0.15, -0.1) is 0 Å². The highest BCUT2D eigenvalue weighted by Gasteiger charge is 2.20. The lowest BCUT2D eigenvalue weighted by atomic mass is 9.87. The van der Waals surface area contributed by atoms with E-state index in [4.69, 9.17) is 5.26 Å². The molecule has 0 amide bonds. The standard InChI is InChI=1S/C14H17N3O3/c15-8-11-7-12(17(19)20)4-5-14(11)16-9-10-2-1-3-13(18)6-10/h4-5,7,10,13,16,18H,1-3,6,9H2. The maximum atomic E-state index is 10.7. The Labute approximate surface area is 117 Å². The van der Waals surface area contributed by atoms with Gasteiger partial charge in [0.25, 0.3) is 5.69 Å². The fraction of sp³-hybridized carbons (Fsp3) is 0.500. The molecule has 6 heteroatoms. The number of rotatable bonds is 4. The SMILES string of the molecule is N#Cc1cc([N+](=O)[O-])ccc1NCC1CCCC(O)C1. The van der Waals surface area contributed by atoms with Gasteiger partial charge in [0.05, 0.1) is 22.3 Å². The number of non-ortho nitro benzene ring substituents is 1. The Balaban J connectivity index is 2.02. The van der Waals surface area contributed by atoms with Crippen LogP contribution in [0.4, 0.5) is 11.4 Å². The van der Waals surface area contributed by atoms with Crippen molar-refractivity contribution >= 4 is 11.4 Å². The molecule has 106 valence electrons. The summed E-state index contributed by atoms with van der Waals surface area (Å²) in [5.41, 5.74) is 0.800. The summed E-state index contributed by atoms with van der Waals surface area (Å²) in [6.45, 7) is 0.670. The Morgan fingerprint density at radius 3 is 2.95 bits per heavy atom. The molecule has 0 bridgehead atoms. The normalized spacial score (nSPS) is 22.0. The van der Waals surface area contributed by atoms with Crippen molar-refractivity contribution < 1.29 is 10.0 Å². The number of aliphatic hydroxyl groups is 1. The fourth-order valence-corrected chi connectivity index (χ4v) is 2.59. The quantitative estimate of drug-likeness (QED) is 0.649. The van der Waals surface area contributed by atoms with Crippen LogP contribution < -0.4 is 5.32 Å². The first-order valence-electron chi connectivity index (χ1n) is 6.70. The number of nitriles is 1. The second kappa shape index (κ2) is 6.35. The van der Waals surface area contributed by atoms with Crippen molar-refractivity contribution in [3.05, 3.63) is 33.9 Å². The maximum absolute atomic E-state index is 10.7. The summed E-state index contributed by atoms with van der Waals surface area (Å²) in [5.74, 6) is 0.375. The van der Waals surface area contributed by atoms with E-state index < -0.39 is 4.92 Å². The van der Waals surface area contributed by atoms with Crippen molar-refractivity contribution in [2.45, 2.75) is 31.8 Å². The van der Waals surface area contributed by atoms with Crippen LogP contribution in [0.5, 0.6) is 0 Å². The van der Waals surface area contributed by atoms with Crippen molar-refractivity contribution in [1.82, 2.24) is 0 Å². The Morgan fingerprint density at radius 1 is 1.50 bits per heavy atom. The summed E-state index contributed by atoms with van der Waals surface area (Å²) in [7, 11) is 0. The first-order chi connectivity index (χ1) is 9.60. The molecule has 0 aromatic heterocycles. The minimum absolute atomic E-state index is 0.0832. The van der Waals surface area contributed by atoms with Crippen LogP contribution in [0.2, 0.25) is 0 Å². The molecule has 1 fully saturated rings. The molecule has 2 atom stereocenters. The van der Waals surface area contributed by atoms with Crippen LogP contribution in [0, 0.1) is 27.4 Å². The van der Waals surface area contributed by atoms with Crippen molar-refractivity contribution in [1.29, 1.82) is 5.26 Å². The van der Waals surface area contributed by atoms with Gasteiger partial charge in [0, 0.05) is 18.7 Å². The van der Waals surface area contributed by atoms with Crippen LogP contribution in [0.1, 0.15) is 31.2 Å². The number of nitro benzene ring substituents is 1. The van der Waals surface area contributed by atoms with E-state index in [0.717, 1.165) is 25.7 Å². The Kier molecular flexibility index (Phi) is 4.53. The number of nitrogens with one attached hydrogen (secondary N) is 1. The van der Waals surface area contributed by atoms with E-state index in [-0.39, 0.29) is 17.4 Å². The lowest BCUT2D eigenvalue weighted by molar-refractivity contribution is -0.384. The minimum Gasteiger partial charge on any atom is -0.393 e. The summed E-state index contributed by atoms with van der Waals surface area (Å²) in [5, 5.41) is 32.5. The highest BCUT2D eigenvalue weighted by molar-refractivity contribution is 5.61. The van der Waals surface area contributed by atoms with Crippen LogP contribution >= 0.6 is 0 Å². The van der Waals surface area contributed by atoms with Gasteiger partial charge in [0.15, 0.2) is 0 Å². The molecule has 0 spiro atoms. The van der Waals surface area contributed by atoms with Crippen molar-refractivity contribution in [2.24, 2.45) is 5.92 Å². The first-order valence-corrected chi connectivity index (χ1v) is 6.70. The lowest BCUT2D eigenvalue weighted by Gasteiger charge is -2.26. The summed E-state index contributed by atoms with van der Waals surface area (Å²) >= 11 is 0. The molecule has 20 heavy (non-hydrogen) atoms. The predicted octanol–water partition coefficient (Wildman–Crippen LogP) is 2.43. The second-order valence-electron chi connectivity index (χ2n) is 5.17. The molecular formula is C14H17N3O3. The van der Waals surface area contributed by atoms with E-state index >= 15 is 0 Å². The monoisotopic (exact) mass is 275 g/mol. The number of aliphatic hydroxyl groups excluding tert-OH is 1. The van der Waals surface area contributed by atoms with E-state index in [0.29, 0.717) is 18.2 Å². The topological polar surface area (TPSA) is 99.2 Å². The molecule has 1 aliphatic rings. The van der Waals surface area contributed by atoms with Crippen molar-refractivity contribution in [3.63, 3.8) is 0 Å². The molecule has 0 aliphatic heterocycles. The minimum atomic E-state index is -0.512. The van der Waals surface area contributed by atoms with Crippen LogP contribution in [0.25, 0.3) is 0 Å². The molecule has 0 radical (unpaired) electrons. The highest BCUT2D eigenvalue weighted by Crippen LogP contribution is 2.26. The van der Waals surface area contributed by atoms with Crippen LogP contribution in [-0.4, -0.2) is 22.7 Å². The summed E-state index contributed by atoms with van der Waals surface area (Å²) in [6.07, 6.45) is 3.46. The van der Waals surface area contributed by atoms with Crippen LogP contribution in [-0.2, 0) is 0 Å². The van der Waals surface area contributed by atoms with Gasteiger partial charge in [0.2, 0.25) is 0 Å². The summed E-state index contributed by atoms with van der Waals surface area (Å²) in [6, 6.07) is 6.20. The highest BCUT2D eigenvalue weighted by atomic mass is 16.6. The smallest absolute Gasteiger partial charge is 0.270 e. The van der Waals surface area contributed by atoms with Gasteiger partial charge in [-0.2, -0.15) is 5.26 Å². The number of nitrogens with zero attached hydrogens (tertiary/aromatic N) is 2. The van der Waals surface area contributed by atoms with Gasteiger partial charge >= 0.3 is 0 Å². The molecule has 0 heterocycles. The average Bonchev–Trinajstić information content (AvgIpc) is 2.45. The summed E-state index contributed by atoms with van der Waals surface area (Å²) in [4.78, 5) is 10.2. The molecule has 0 saturated heterocycles. The lowest BCUT2D eigenvalue weighted by Crippen LogP contribution is -2.25.